The molecule has 318 valence electrons. The first-order valence-corrected chi connectivity index (χ1v) is 23.4. The van der Waals surface area contributed by atoms with Gasteiger partial charge in [0.2, 0.25) is 0 Å². The van der Waals surface area contributed by atoms with Crippen LogP contribution in [0.5, 0.6) is 0 Å². The summed E-state index contributed by atoms with van der Waals surface area (Å²) < 4.78 is 14.7. The maximum absolute atomic E-state index is 7.44. The van der Waals surface area contributed by atoms with Gasteiger partial charge >= 0.3 is 0 Å². The largest absolute Gasteiger partial charge is 0.455 e. The molecule has 67 heavy (non-hydrogen) atoms. The Labute approximate surface area is 388 Å². The van der Waals surface area contributed by atoms with Gasteiger partial charge in [-0.2, -0.15) is 0 Å². The maximum atomic E-state index is 7.44. The Morgan fingerprint density at radius 1 is 0.448 bits per heavy atom. The molecule has 4 heteroatoms. The molecule has 0 saturated heterocycles. The highest BCUT2D eigenvalue weighted by atomic mass is 16.3. The van der Waals surface area contributed by atoms with Crippen molar-refractivity contribution in [2.24, 2.45) is 0 Å². The van der Waals surface area contributed by atoms with Crippen molar-refractivity contribution in [2.45, 2.75) is 32.1 Å². The molecule has 0 N–H and O–H groups in total. The van der Waals surface area contributed by atoms with Crippen LogP contribution in [-0.4, -0.2) is 0 Å². The molecule has 3 aliphatic carbocycles. The van der Waals surface area contributed by atoms with Crippen molar-refractivity contribution in [3.8, 4) is 11.1 Å². The van der Waals surface area contributed by atoms with Gasteiger partial charge in [-0.05, 0) is 132 Å². The van der Waals surface area contributed by atoms with Gasteiger partial charge in [-0.1, -0.05) is 146 Å². The Hall–Kier alpha value is -8.34. The van der Waals surface area contributed by atoms with Crippen molar-refractivity contribution in [3.05, 3.63) is 245 Å². The van der Waals surface area contributed by atoms with Crippen LogP contribution in [0.1, 0.15) is 46.2 Å². The third-order valence-electron chi connectivity index (χ3n) is 14.8. The van der Waals surface area contributed by atoms with Crippen LogP contribution >= 0.6 is 0 Å². The predicted molar refractivity (Wildman–Crippen MR) is 277 cm³/mol. The van der Waals surface area contributed by atoms with E-state index in [9.17, 15) is 0 Å². The summed E-state index contributed by atoms with van der Waals surface area (Å²) in [7, 11) is 0. The second kappa shape index (κ2) is 14.3. The van der Waals surface area contributed by atoms with Gasteiger partial charge in [-0.3, -0.25) is 0 Å². The fraction of sp³-hybridized carbons (Fsp3) is 0.0794. The molecular formula is C63H44N2O2. The lowest BCUT2D eigenvalue weighted by atomic mass is 9.67. The van der Waals surface area contributed by atoms with E-state index in [0.29, 0.717) is 0 Å². The Kier molecular flexibility index (Phi) is 8.12. The third kappa shape index (κ3) is 5.18. The summed E-state index contributed by atoms with van der Waals surface area (Å²) in [6.45, 7) is 4.42. The lowest BCUT2D eigenvalue weighted by Gasteiger charge is -2.35. The highest BCUT2D eigenvalue weighted by Crippen LogP contribution is 2.68. The second-order valence-corrected chi connectivity index (χ2v) is 18.3. The number of hydrogen-bond acceptors (Lipinski definition) is 4. The molecule has 2 heterocycles. The topological polar surface area (TPSA) is 32.8 Å². The van der Waals surface area contributed by atoms with E-state index >= 15 is 0 Å². The zero-order chi connectivity index (χ0) is 44.4. The van der Waals surface area contributed by atoms with Gasteiger partial charge in [0.25, 0.3) is 0 Å². The number of anilines is 6. The van der Waals surface area contributed by atoms with Crippen LogP contribution in [-0.2, 0) is 5.41 Å². The summed E-state index contributed by atoms with van der Waals surface area (Å²) in [4.78, 5) is 4.89. The summed E-state index contributed by atoms with van der Waals surface area (Å²) in [5.41, 5.74) is 21.7. The van der Waals surface area contributed by atoms with Gasteiger partial charge in [0.1, 0.15) is 16.7 Å². The zero-order valence-corrected chi connectivity index (χ0v) is 37.3. The van der Waals surface area contributed by atoms with Crippen LogP contribution in [0.3, 0.4) is 0 Å². The normalized spacial score (nSPS) is 15.7. The van der Waals surface area contributed by atoms with Crippen LogP contribution in [0, 0.1) is 13.8 Å². The fourth-order valence-electron chi connectivity index (χ4n) is 12.1. The van der Waals surface area contributed by atoms with Crippen LogP contribution in [0.15, 0.2) is 221 Å². The molecule has 14 rings (SSSR count). The number of rotatable bonds is 6. The minimum atomic E-state index is -0.674. The van der Waals surface area contributed by atoms with E-state index in [2.05, 4.69) is 230 Å². The number of furan rings is 2. The summed E-state index contributed by atoms with van der Waals surface area (Å²) >= 11 is 0. The Balaban J connectivity index is 1.23. The van der Waals surface area contributed by atoms with Crippen LogP contribution in [0.2, 0.25) is 0 Å². The smallest absolute Gasteiger partial charge is 0.160 e. The van der Waals surface area contributed by atoms with Crippen molar-refractivity contribution < 1.29 is 8.83 Å². The Morgan fingerprint density at radius 2 is 0.970 bits per heavy atom. The third-order valence-corrected chi connectivity index (χ3v) is 14.8. The molecule has 0 saturated carbocycles. The number of para-hydroxylation sites is 6. The van der Waals surface area contributed by atoms with Gasteiger partial charge in [-0.15, -0.1) is 0 Å². The zero-order valence-electron chi connectivity index (χ0n) is 37.3. The summed E-state index contributed by atoms with van der Waals surface area (Å²) in [5.74, 6) is 0. The van der Waals surface area contributed by atoms with Crippen LogP contribution < -0.4 is 9.80 Å². The molecule has 0 amide bonds. The molecule has 3 aliphatic rings. The Morgan fingerprint density at radius 3 is 1.64 bits per heavy atom. The van der Waals surface area contributed by atoms with Gasteiger partial charge in [0, 0.05) is 50.0 Å². The molecule has 1 spiro atoms. The van der Waals surface area contributed by atoms with E-state index in [1.165, 1.54) is 50.1 Å². The van der Waals surface area contributed by atoms with Gasteiger partial charge in [-0.25, -0.2) is 0 Å². The number of fused-ring (bicyclic) bond motifs is 17. The minimum Gasteiger partial charge on any atom is -0.455 e. The summed E-state index contributed by atoms with van der Waals surface area (Å²) in [6.07, 6.45) is 6.64. The van der Waals surface area contributed by atoms with Gasteiger partial charge in [0.05, 0.1) is 22.2 Å². The number of allylic oxidation sites excluding steroid dienone is 4. The first kappa shape index (κ1) is 38.0. The van der Waals surface area contributed by atoms with Crippen LogP contribution in [0.4, 0.5) is 34.1 Å². The van der Waals surface area contributed by atoms with Crippen molar-refractivity contribution in [1.29, 1.82) is 0 Å². The van der Waals surface area contributed by atoms with Crippen LogP contribution in [0.25, 0.3) is 60.6 Å². The van der Waals surface area contributed by atoms with Crippen molar-refractivity contribution in [2.75, 3.05) is 9.80 Å². The number of nitrogens with zero attached hydrogens (tertiary/aromatic N) is 2. The second-order valence-electron chi connectivity index (χ2n) is 18.3. The Bertz CT molecular complexity index is 3910. The fourth-order valence-corrected chi connectivity index (χ4v) is 12.1. The average molecular weight is 861 g/mol. The monoisotopic (exact) mass is 860 g/mol. The first-order chi connectivity index (χ1) is 33.1. The van der Waals surface area contributed by atoms with E-state index in [4.69, 9.17) is 8.83 Å². The average Bonchev–Trinajstić information content (AvgIpc) is 4.12. The molecule has 9 aromatic carbocycles. The van der Waals surface area contributed by atoms with E-state index in [1.807, 2.05) is 0 Å². The number of aryl methyl sites for hydroxylation is 2. The molecule has 4 nitrogen and oxygen atoms in total. The van der Waals surface area contributed by atoms with Crippen molar-refractivity contribution in [1.82, 2.24) is 0 Å². The number of hydrogen-bond donors (Lipinski definition) is 0. The van der Waals surface area contributed by atoms with E-state index < -0.39 is 5.41 Å². The van der Waals surface area contributed by atoms with Gasteiger partial charge < -0.3 is 18.6 Å². The summed E-state index contributed by atoms with van der Waals surface area (Å²) in [5, 5.41) is 4.35. The molecule has 2 aromatic heterocycles. The lowest BCUT2D eigenvalue weighted by Crippen LogP contribution is -2.28. The molecule has 0 radical (unpaired) electrons. The molecule has 11 aromatic rings. The molecule has 1 atom stereocenters. The first-order valence-electron chi connectivity index (χ1n) is 23.4. The number of benzene rings is 9. The van der Waals surface area contributed by atoms with Crippen molar-refractivity contribution in [3.63, 3.8) is 0 Å². The van der Waals surface area contributed by atoms with Crippen molar-refractivity contribution >= 4 is 83.6 Å². The van der Waals surface area contributed by atoms with E-state index in [-0.39, 0.29) is 0 Å². The molecule has 1 unspecified atom stereocenters. The van der Waals surface area contributed by atoms with E-state index in [0.717, 1.165) is 96.4 Å². The van der Waals surface area contributed by atoms with Gasteiger partial charge in [0.15, 0.2) is 5.58 Å². The maximum Gasteiger partial charge on any atom is 0.160 e. The minimum absolute atomic E-state index is 0.674. The molecule has 0 aliphatic heterocycles. The van der Waals surface area contributed by atoms with E-state index in [1.54, 1.807) is 0 Å². The summed E-state index contributed by atoms with van der Waals surface area (Å²) in [6, 6.07) is 70.5. The highest BCUT2D eigenvalue weighted by Gasteiger charge is 2.55. The molecular weight excluding hydrogens is 817 g/mol. The highest BCUT2D eigenvalue weighted by molar-refractivity contribution is 6.26. The lowest BCUT2D eigenvalue weighted by molar-refractivity contribution is 0.667. The predicted octanol–water partition coefficient (Wildman–Crippen LogP) is 17.5. The quantitative estimate of drug-likeness (QED) is 0.167. The SMILES string of the molecule is Cc1ccccc1N(c1ccccc1)c1cc2c(c3c1oc1ccccc13)-c1c(cc(N(c3ccccc3)c3ccccc3C)c3c1oc1ccccc13)C21C2=C(C=CCC2)c2ccccc21. The molecule has 0 bridgehead atoms. The molecule has 0 fully saturated rings. The standard InChI is InChI=1S/C63H44N2O2/c1-39-21-9-17-33-51(39)64(41-23-5-3-6-24-41)53-37-50-60(62-57(53)45-29-13-19-35-55(45)67-62)59-49(63(50)47-31-15-11-27-43(47)44-28-12-16-32-48(44)63)38-54(61-58(59)46-30-14-20-36-56(46)66-61)65(42-25-7-4-8-26-42)52-34-18-10-22-40(52)2/h3-15,17-31,33-38H,16,32H2,1-2H3.